The van der Waals surface area contributed by atoms with Crippen LogP contribution in [0.25, 0.3) is 10.9 Å². The molecule has 3 atom stereocenters. The first-order valence-corrected chi connectivity index (χ1v) is 20.2. The number of rotatable bonds is 7. The van der Waals surface area contributed by atoms with Crippen molar-refractivity contribution in [3.63, 3.8) is 0 Å². The minimum Gasteiger partial charge on any atom is -0.361 e. The first-order valence-electron chi connectivity index (χ1n) is 18.6. The largest absolute Gasteiger partial charge is 0.361 e. The predicted molar refractivity (Wildman–Crippen MR) is 196 cm³/mol. The number of H-pyrrole nitrogens is 1. The molecule has 10 rings (SSSR count). The van der Waals surface area contributed by atoms with Gasteiger partial charge in [0.05, 0.1) is 10.6 Å². The Labute approximate surface area is 291 Å². The summed E-state index contributed by atoms with van der Waals surface area (Å²) in [5.74, 6) is 1.78. The van der Waals surface area contributed by atoms with Crippen molar-refractivity contribution in [2.45, 2.75) is 80.7 Å². The van der Waals surface area contributed by atoms with Crippen LogP contribution in [0.5, 0.6) is 0 Å². The SMILES string of the molecule is CN1CCC[C@@H]1Cc1c[nH]c2ccc(CCS(=O)(=O)c3ccccc3)cc12.O=C1c2cccc3c2[C@H](CCC3)CN1[C@@H]1CN2CCC1CC2. The molecule has 0 spiro atoms. The second-order valence-electron chi connectivity index (χ2n) is 15.2. The highest BCUT2D eigenvalue weighted by Crippen LogP contribution is 2.41. The molecule has 0 unspecified atom stereocenters. The van der Waals surface area contributed by atoms with E-state index < -0.39 is 9.84 Å². The van der Waals surface area contributed by atoms with E-state index in [4.69, 9.17) is 0 Å². The molecule has 4 aromatic rings. The number of fused-ring (bicyclic) bond motifs is 4. The van der Waals surface area contributed by atoms with Crippen molar-refractivity contribution in [1.29, 1.82) is 0 Å². The molecule has 4 saturated heterocycles. The number of carbonyl (C=O) groups excluding carboxylic acids is 1. The van der Waals surface area contributed by atoms with Crippen molar-refractivity contribution >= 4 is 26.6 Å². The number of aryl methyl sites for hydroxylation is 2. The van der Waals surface area contributed by atoms with E-state index in [2.05, 4.69) is 63.3 Å². The number of likely N-dealkylation sites (N-methyl/N-ethyl adjacent to an activating group) is 1. The van der Waals surface area contributed by atoms with Gasteiger partial charge in [-0.05, 0) is 143 Å². The zero-order chi connectivity index (χ0) is 33.5. The molecular formula is C41H50N4O3S. The van der Waals surface area contributed by atoms with E-state index in [0.29, 0.717) is 35.2 Å². The van der Waals surface area contributed by atoms with Crippen molar-refractivity contribution in [3.8, 4) is 0 Å². The lowest BCUT2D eigenvalue weighted by molar-refractivity contribution is 0.00258. The van der Waals surface area contributed by atoms with Crippen molar-refractivity contribution in [1.82, 2.24) is 19.7 Å². The molecule has 2 bridgehead atoms. The van der Waals surface area contributed by atoms with Gasteiger partial charge in [0, 0.05) is 53.8 Å². The summed E-state index contributed by atoms with van der Waals surface area (Å²) >= 11 is 0. The maximum absolute atomic E-state index is 13.1. The molecule has 3 aromatic carbocycles. The summed E-state index contributed by atoms with van der Waals surface area (Å²) in [7, 11) is -1.05. The number of piperidine rings is 3. The van der Waals surface area contributed by atoms with E-state index in [9.17, 15) is 13.2 Å². The highest BCUT2D eigenvalue weighted by molar-refractivity contribution is 7.91. The van der Waals surface area contributed by atoms with Gasteiger partial charge in [0.15, 0.2) is 9.84 Å². The molecule has 1 N–H and O–H groups in total. The van der Waals surface area contributed by atoms with Crippen molar-refractivity contribution in [3.05, 3.63) is 101 Å². The molecule has 49 heavy (non-hydrogen) atoms. The number of sulfone groups is 1. The Morgan fingerprint density at radius 2 is 1.71 bits per heavy atom. The maximum atomic E-state index is 13.1. The number of benzene rings is 3. The molecule has 1 aliphatic carbocycles. The van der Waals surface area contributed by atoms with Crippen LogP contribution in [0.15, 0.2) is 77.8 Å². The van der Waals surface area contributed by atoms with E-state index >= 15 is 0 Å². The second kappa shape index (κ2) is 13.7. The Hall–Kier alpha value is -3.46. The third kappa shape index (κ3) is 6.60. The smallest absolute Gasteiger partial charge is 0.254 e. The topological polar surface area (TPSA) is 76.7 Å². The van der Waals surface area contributed by atoms with E-state index in [-0.39, 0.29) is 5.75 Å². The van der Waals surface area contributed by atoms with Crippen LogP contribution in [0.4, 0.5) is 0 Å². The monoisotopic (exact) mass is 678 g/mol. The zero-order valence-electron chi connectivity index (χ0n) is 28.8. The Kier molecular flexibility index (Phi) is 9.14. The number of aromatic nitrogens is 1. The molecule has 1 aromatic heterocycles. The van der Waals surface area contributed by atoms with E-state index in [1.807, 2.05) is 12.1 Å². The molecule has 7 nitrogen and oxygen atoms in total. The van der Waals surface area contributed by atoms with Gasteiger partial charge in [0.25, 0.3) is 5.91 Å². The van der Waals surface area contributed by atoms with Gasteiger partial charge in [-0.3, -0.25) is 4.79 Å². The Morgan fingerprint density at radius 1 is 0.878 bits per heavy atom. The second-order valence-corrected chi connectivity index (χ2v) is 17.3. The molecule has 4 fully saturated rings. The normalized spacial score (nSPS) is 26.4. The minimum absolute atomic E-state index is 0.133. The third-order valence-electron chi connectivity index (χ3n) is 12.3. The zero-order valence-corrected chi connectivity index (χ0v) is 29.6. The number of hydrogen-bond donors (Lipinski definition) is 1. The average Bonchev–Trinajstić information content (AvgIpc) is 3.75. The van der Waals surface area contributed by atoms with Gasteiger partial charge in [-0.1, -0.05) is 36.4 Å². The standard InChI is InChI=1S/C22H26N2O2S.C19H24N2O/c1-24-12-5-6-19(24)15-18-16-23-22-10-9-17(14-21(18)22)11-13-27(25,26)20-7-3-2-4-8-20;22-19-16-6-2-4-14-3-1-5-15(18(14)16)11-21(19)17-12-20-9-7-13(17)8-10-20/h2-4,7-10,14,16,19,23H,5-6,11-13,15H2,1H3;2,4,6,13,15,17H,1,3,5,7-12H2/t19-;15-,17-/m11/s1. The Bertz CT molecular complexity index is 1910. The quantitative estimate of drug-likeness (QED) is 0.242. The van der Waals surface area contributed by atoms with Gasteiger partial charge in [-0.25, -0.2) is 8.42 Å². The summed E-state index contributed by atoms with van der Waals surface area (Å²) < 4.78 is 25.1. The van der Waals surface area contributed by atoms with Crippen LogP contribution in [-0.2, 0) is 29.1 Å². The highest BCUT2D eigenvalue weighted by Gasteiger charge is 2.43. The Balaban J connectivity index is 0.000000145. The summed E-state index contributed by atoms with van der Waals surface area (Å²) in [6.45, 7) is 5.74. The molecule has 6 heterocycles. The Morgan fingerprint density at radius 3 is 2.47 bits per heavy atom. The van der Waals surface area contributed by atoms with Crippen molar-refractivity contribution in [2.24, 2.45) is 5.92 Å². The van der Waals surface area contributed by atoms with E-state index in [1.54, 1.807) is 24.3 Å². The van der Waals surface area contributed by atoms with Gasteiger partial charge >= 0.3 is 0 Å². The predicted octanol–water partition coefficient (Wildman–Crippen LogP) is 6.48. The summed E-state index contributed by atoms with van der Waals surface area (Å²) in [5.41, 5.74) is 7.39. The van der Waals surface area contributed by atoms with Gasteiger partial charge < -0.3 is 19.7 Å². The molecule has 8 heteroatoms. The molecule has 6 aliphatic rings. The third-order valence-corrected chi connectivity index (χ3v) is 14.0. The highest BCUT2D eigenvalue weighted by atomic mass is 32.2. The summed E-state index contributed by atoms with van der Waals surface area (Å²) in [5, 5.41) is 1.23. The fraction of sp³-hybridized carbons (Fsp3) is 0.488. The molecule has 258 valence electrons. The number of hydrogen-bond acceptors (Lipinski definition) is 5. The molecule has 0 saturated carbocycles. The number of carbonyl (C=O) groups is 1. The fourth-order valence-corrected chi connectivity index (χ4v) is 10.8. The lowest BCUT2D eigenvalue weighted by Gasteiger charge is -2.51. The number of nitrogens with zero attached hydrogens (tertiary/aromatic N) is 3. The minimum atomic E-state index is -3.25. The molecule has 1 amide bonds. The van der Waals surface area contributed by atoms with Crippen LogP contribution in [0.1, 0.15) is 77.1 Å². The van der Waals surface area contributed by atoms with Gasteiger partial charge in [-0.15, -0.1) is 0 Å². The number of nitrogens with one attached hydrogen (secondary N) is 1. The van der Waals surface area contributed by atoms with E-state index in [0.717, 1.165) is 48.5 Å². The van der Waals surface area contributed by atoms with Crippen LogP contribution in [0, 0.1) is 5.92 Å². The molecule has 0 radical (unpaired) electrons. The number of aromatic amines is 1. The number of likely N-dealkylation sites (tertiary alicyclic amines) is 1. The van der Waals surface area contributed by atoms with E-state index in [1.165, 1.54) is 80.2 Å². The van der Waals surface area contributed by atoms with Gasteiger partial charge in [-0.2, -0.15) is 0 Å². The van der Waals surface area contributed by atoms with Gasteiger partial charge in [0.1, 0.15) is 0 Å². The number of amides is 1. The summed E-state index contributed by atoms with van der Waals surface area (Å²) in [4.78, 5) is 24.2. The first kappa shape index (κ1) is 32.7. The van der Waals surface area contributed by atoms with Crippen LogP contribution >= 0.6 is 0 Å². The van der Waals surface area contributed by atoms with Gasteiger partial charge in [0.2, 0.25) is 0 Å². The van der Waals surface area contributed by atoms with Crippen LogP contribution in [0.2, 0.25) is 0 Å². The first-order chi connectivity index (χ1) is 23.8. The van der Waals surface area contributed by atoms with Crippen LogP contribution < -0.4 is 0 Å². The molecular weight excluding hydrogens is 629 g/mol. The van der Waals surface area contributed by atoms with Crippen molar-refractivity contribution < 1.29 is 13.2 Å². The average molecular weight is 679 g/mol. The van der Waals surface area contributed by atoms with Crippen molar-refractivity contribution in [2.75, 3.05) is 45.5 Å². The lowest BCUT2D eigenvalue weighted by Crippen LogP contribution is -2.60. The van der Waals surface area contributed by atoms with Crippen LogP contribution in [-0.4, -0.2) is 91.6 Å². The summed E-state index contributed by atoms with van der Waals surface area (Å²) in [6.07, 6.45) is 12.5. The lowest BCUT2D eigenvalue weighted by atomic mass is 9.75. The maximum Gasteiger partial charge on any atom is 0.254 e. The fourth-order valence-electron chi connectivity index (χ4n) is 9.45. The molecule has 5 aliphatic heterocycles. The summed E-state index contributed by atoms with van der Waals surface area (Å²) in [6, 6.07) is 22.5. The van der Waals surface area contributed by atoms with Crippen LogP contribution in [0.3, 0.4) is 0 Å².